The van der Waals surface area contributed by atoms with Gasteiger partial charge in [0, 0.05) is 18.3 Å². The van der Waals surface area contributed by atoms with Gasteiger partial charge in [-0.2, -0.15) is 0 Å². The topological polar surface area (TPSA) is 55.2 Å². The molecule has 0 bridgehead atoms. The first-order chi connectivity index (χ1) is 8.95. The fraction of sp³-hybridized carbons (Fsp3) is 0.846. The Morgan fingerprint density at radius 3 is 2.79 bits per heavy atom. The van der Waals surface area contributed by atoms with Crippen molar-refractivity contribution in [3.8, 4) is 0 Å². The molecule has 0 saturated carbocycles. The lowest BCUT2D eigenvalue weighted by atomic mass is 10.1. The molecule has 0 aromatic carbocycles. The van der Waals surface area contributed by atoms with Crippen molar-refractivity contribution < 1.29 is 4.74 Å². The lowest BCUT2D eigenvalue weighted by Gasteiger charge is -2.32. The third-order valence-corrected chi connectivity index (χ3v) is 3.27. The molecule has 19 heavy (non-hydrogen) atoms. The second-order valence-corrected chi connectivity index (χ2v) is 5.51. The molecule has 6 nitrogen and oxygen atoms in total. The van der Waals surface area contributed by atoms with Gasteiger partial charge in [-0.05, 0) is 34.5 Å². The van der Waals surface area contributed by atoms with Crippen molar-refractivity contribution in [3.63, 3.8) is 0 Å². The quantitative estimate of drug-likeness (QED) is 0.670. The molecule has 0 atom stereocenters. The van der Waals surface area contributed by atoms with E-state index in [-0.39, 0.29) is 5.54 Å². The van der Waals surface area contributed by atoms with Crippen LogP contribution in [0.25, 0.3) is 0 Å². The average Bonchev–Trinajstić information content (AvgIpc) is 2.80. The molecule has 0 aliphatic rings. The van der Waals surface area contributed by atoms with Crippen LogP contribution in [0, 0.1) is 0 Å². The highest BCUT2D eigenvalue weighted by molar-refractivity contribution is 4.91. The van der Waals surface area contributed by atoms with Gasteiger partial charge in [-0.15, -0.1) is 5.10 Å². The van der Waals surface area contributed by atoms with Crippen LogP contribution in [0.15, 0.2) is 6.20 Å². The van der Waals surface area contributed by atoms with Crippen molar-refractivity contribution in [2.24, 2.45) is 0 Å². The van der Waals surface area contributed by atoms with E-state index in [0.29, 0.717) is 13.2 Å². The molecule has 1 rings (SSSR count). The van der Waals surface area contributed by atoms with E-state index in [0.717, 1.165) is 25.3 Å². The summed E-state index contributed by atoms with van der Waals surface area (Å²) >= 11 is 0. The molecule has 0 aliphatic heterocycles. The SMILES string of the molecule is CCNCc1cn(CCOCC(C)(C)N(C)C)nn1. The molecular weight excluding hydrogens is 242 g/mol. The summed E-state index contributed by atoms with van der Waals surface area (Å²) in [5, 5.41) is 11.4. The average molecular weight is 269 g/mol. The lowest BCUT2D eigenvalue weighted by molar-refractivity contribution is 0.0317. The van der Waals surface area contributed by atoms with Crippen LogP contribution >= 0.6 is 0 Å². The Morgan fingerprint density at radius 1 is 1.42 bits per heavy atom. The summed E-state index contributed by atoms with van der Waals surface area (Å²) in [5.74, 6) is 0. The van der Waals surface area contributed by atoms with E-state index < -0.39 is 0 Å². The van der Waals surface area contributed by atoms with Gasteiger partial charge in [0.1, 0.15) is 0 Å². The van der Waals surface area contributed by atoms with Gasteiger partial charge in [-0.1, -0.05) is 12.1 Å². The monoisotopic (exact) mass is 269 g/mol. The number of nitrogens with one attached hydrogen (secondary N) is 1. The van der Waals surface area contributed by atoms with E-state index in [1.165, 1.54) is 0 Å². The molecule has 0 amide bonds. The van der Waals surface area contributed by atoms with Crippen LogP contribution < -0.4 is 5.32 Å². The molecule has 6 heteroatoms. The maximum atomic E-state index is 5.71. The summed E-state index contributed by atoms with van der Waals surface area (Å²) in [7, 11) is 4.13. The summed E-state index contributed by atoms with van der Waals surface area (Å²) < 4.78 is 7.54. The van der Waals surface area contributed by atoms with E-state index in [4.69, 9.17) is 4.74 Å². The largest absolute Gasteiger partial charge is 0.378 e. The molecule has 0 fully saturated rings. The highest BCUT2D eigenvalue weighted by Crippen LogP contribution is 2.09. The zero-order valence-corrected chi connectivity index (χ0v) is 12.8. The second kappa shape index (κ2) is 7.57. The van der Waals surface area contributed by atoms with E-state index in [9.17, 15) is 0 Å². The predicted octanol–water partition coefficient (Wildman–Crippen LogP) is 0.744. The Bertz CT molecular complexity index is 362. The molecular formula is C13H27N5O. The van der Waals surface area contributed by atoms with Crippen molar-refractivity contribution in [1.82, 2.24) is 25.2 Å². The van der Waals surface area contributed by atoms with Crippen LogP contribution in [-0.4, -0.2) is 59.3 Å². The molecule has 0 spiro atoms. The third kappa shape index (κ3) is 5.67. The fourth-order valence-corrected chi connectivity index (χ4v) is 1.39. The number of hydrogen-bond donors (Lipinski definition) is 1. The van der Waals surface area contributed by atoms with Crippen LogP contribution in [-0.2, 0) is 17.8 Å². The highest BCUT2D eigenvalue weighted by atomic mass is 16.5. The van der Waals surface area contributed by atoms with Crippen LogP contribution in [0.5, 0.6) is 0 Å². The molecule has 1 aromatic heterocycles. The first-order valence-electron chi connectivity index (χ1n) is 6.80. The van der Waals surface area contributed by atoms with Crippen LogP contribution in [0.4, 0.5) is 0 Å². The van der Waals surface area contributed by atoms with Gasteiger partial charge in [-0.3, -0.25) is 0 Å². The summed E-state index contributed by atoms with van der Waals surface area (Å²) in [6, 6.07) is 0. The van der Waals surface area contributed by atoms with Gasteiger partial charge < -0.3 is 15.0 Å². The maximum absolute atomic E-state index is 5.71. The molecule has 0 aliphatic carbocycles. The fourth-order valence-electron chi connectivity index (χ4n) is 1.39. The molecule has 0 saturated heterocycles. The number of rotatable bonds is 9. The maximum Gasteiger partial charge on any atom is 0.0964 e. The summed E-state index contributed by atoms with van der Waals surface area (Å²) in [5.41, 5.74) is 1.02. The summed E-state index contributed by atoms with van der Waals surface area (Å²) in [6.45, 7) is 10.2. The van der Waals surface area contributed by atoms with Gasteiger partial charge in [0.15, 0.2) is 0 Å². The van der Waals surface area contributed by atoms with Gasteiger partial charge in [0.05, 0.1) is 25.5 Å². The molecule has 1 heterocycles. The Morgan fingerprint density at radius 2 is 2.16 bits per heavy atom. The number of aromatic nitrogens is 3. The normalized spacial score (nSPS) is 12.3. The van der Waals surface area contributed by atoms with Gasteiger partial charge in [0.25, 0.3) is 0 Å². The van der Waals surface area contributed by atoms with Crippen molar-refractivity contribution in [2.45, 2.75) is 39.4 Å². The van der Waals surface area contributed by atoms with Gasteiger partial charge >= 0.3 is 0 Å². The zero-order valence-electron chi connectivity index (χ0n) is 12.8. The minimum absolute atomic E-state index is 0.0541. The van der Waals surface area contributed by atoms with Crippen LogP contribution in [0.2, 0.25) is 0 Å². The van der Waals surface area contributed by atoms with E-state index >= 15 is 0 Å². The predicted molar refractivity (Wildman–Crippen MR) is 76.0 cm³/mol. The standard InChI is InChI=1S/C13H27N5O/c1-6-14-9-12-10-18(16-15-12)7-8-19-11-13(2,3)17(4)5/h10,14H,6-9,11H2,1-5H3. The van der Waals surface area contributed by atoms with Crippen molar-refractivity contribution in [3.05, 3.63) is 11.9 Å². The first-order valence-corrected chi connectivity index (χ1v) is 6.80. The molecule has 1 aromatic rings. The van der Waals surface area contributed by atoms with E-state index in [1.807, 2.05) is 10.9 Å². The number of likely N-dealkylation sites (N-methyl/N-ethyl adjacent to an activating group) is 1. The lowest BCUT2D eigenvalue weighted by Crippen LogP contribution is -2.42. The second-order valence-electron chi connectivity index (χ2n) is 5.51. The molecule has 0 unspecified atom stereocenters. The van der Waals surface area contributed by atoms with Crippen molar-refractivity contribution >= 4 is 0 Å². The smallest absolute Gasteiger partial charge is 0.0964 e. The number of nitrogens with zero attached hydrogens (tertiary/aromatic N) is 4. The third-order valence-electron chi connectivity index (χ3n) is 3.27. The summed E-state index contributed by atoms with van der Waals surface area (Å²) in [6.07, 6.45) is 1.96. The van der Waals surface area contributed by atoms with E-state index in [1.54, 1.807) is 0 Å². The van der Waals surface area contributed by atoms with Crippen molar-refractivity contribution in [2.75, 3.05) is 33.9 Å². The Kier molecular flexibility index (Phi) is 6.41. The Balaban J connectivity index is 2.24. The molecule has 110 valence electrons. The van der Waals surface area contributed by atoms with Crippen LogP contribution in [0.1, 0.15) is 26.5 Å². The molecule has 1 N–H and O–H groups in total. The minimum atomic E-state index is 0.0541. The van der Waals surface area contributed by atoms with E-state index in [2.05, 4.69) is 55.4 Å². The van der Waals surface area contributed by atoms with Crippen LogP contribution in [0.3, 0.4) is 0 Å². The highest BCUT2D eigenvalue weighted by Gasteiger charge is 2.20. The van der Waals surface area contributed by atoms with Crippen molar-refractivity contribution in [1.29, 1.82) is 0 Å². The molecule has 0 radical (unpaired) electrons. The Hall–Kier alpha value is -0.980. The van der Waals surface area contributed by atoms with Gasteiger partial charge in [-0.25, -0.2) is 4.68 Å². The van der Waals surface area contributed by atoms with Gasteiger partial charge in [0.2, 0.25) is 0 Å². The minimum Gasteiger partial charge on any atom is -0.378 e. The Labute approximate surface area is 116 Å². The number of hydrogen-bond acceptors (Lipinski definition) is 5. The number of ether oxygens (including phenoxy) is 1. The zero-order chi connectivity index (χ0) is 14.3. The first kappa shape index (κ1) is 16.1. The summed E-state index contributed by atoms with van der Waals surface area (Å²) in [4.78, 5) is 2.16.